The Kier molecular flexibility index (Phi) is 2.83. The van der Waals surface area contributed by atoms with Gasteiger partial charge in [-0.15, -0.1) is 11.3 Å². The van der Waals surface area contributed by atoms with Crippen molar-refractivity contribution in [2.75, 3.05) is 0 Å². The average molecular weight is 197 g/mol. The molecule has 0 amide bonds. The molecule has 0 atom stereocenters. The molecule has 0 N–H and O–H groups in total. The standard InChI is InChI=1S/C9H11NO2S/c1-6(10(11)12)4-9-5-7(2)13-8(9)3/h4-5H,1-3H3/b6-4-. The minimum atomic E-state index is -0.369. The zero-order valence-corrected chi connectivity index (χ0v) is 8.64. The van der Waals surface area contributed by atoms with Crippen molar-refractivity contribution in [1.29, 1.82) is 0 Å². The van der Waals surface area contributed by atoms with Crippen LogP contribution >= 0.6 is 11.3 Å². The first kappa shape index (κ1) is 9.92. The third-order valence-electron chi connectivity index (χ3n) is 1.73. The monoisotopic (exact) mass is 197 g/mol. The smallest absolute Gasteiger partial charge is 0.243 e. The summed E-state index contributed by atoms with van der Waals surface area (Å²) >= 11 is 1.66. The van der Waals surface area contributed by atoms with E-state index in [1.54, 1.807) is 17.4 Å². The molecule has 3 nitrogen and oxygen atoms in total. The SMILES string of the molecule is C/C(=C/c1cc(C)sc1C)[N+](=O)[O-]. The summed E-state index contributed by atoms with van der Waals surface area (Å²) in [5.41, 5.74) is 1.14. The fourth-order valence-corrected chi connectivity index (χ4v) is 1.98. The van der Waals surface area contributed by atoms with Gasteiger partial charge in [-0.05, 0) is 25.5 Å². The van der Waals surface area contributed by atoms with E-state index in [4.69, 9.17) is 0 Å². The van der Waals surface area contributed by atoms with Crippen LogP contribution in [0.25, 0.3) is 6.08 Å². The number of rotatable bonds is 2. The molecular weight excluding hydrogens is 186 g/mol. The first-order valence-corrected chi connectivity index (χ1v) is 4.72. The Balaban J connectivity index is 3.03. The van der Waals surface area contributed by atoms with Crippen LogP contribution in [0.15, 0.2) is 11.8 Å². The molecule has 0 radical (unpaired) electrons. The van der Waals surface area contributed by atoms with Crippen LogP contribution in [0.4, 0.5) is 0 Å². The van der Waals surface area contributed by atoms with Gasteiger partial charge in [-0.1, -0.05) is 0 Å². The van der Waals surface area contributed by atoms with E-state index in [-0.39, 0.29) is 10.6 Å². The third kappa shape index (κ3) is 2.39. The Morgan fingerprint density at radius 3 is 2.62 bits per heavy atom. The van der Waals surface area contributed by atoms with E-state index in [0.717, 1.165) is 10.4 Å². The molecule has 1 heterocycles. The van der Waals surface area contributed by atoms with Gasteiger partial charge in [0.2, 0.25) is 5.70 Å². The van der Waals surface area contributed by atoms with Crippen molar-refractivity contribution in [3.63, 3.8) is 0 Å². The number of hydrogen-bond acceptors (Lipinski definition) is 3. The molecule has 0 saturated carbocycles. The maximum Gasteiger partial charge on any atom is 0.243 e. The minimum Gasteiger partial charge on any atom is -0.259 e. The van der Waals surface area contributed by atoms with Crippen molar-refractivity contribution in [3.05, 3.63) is 37.2 Å². The Bertz CT molecular complexity index is 366. The van der Waals surface area contributed by atoms with Gasteiger partial charge in [-0.25, -0.2) is 0 Å². The minimum absolute atomic E-state index is 0.181. The zero-order chi connectivity index (χ0) is 10.0. The average Bonchev–Trinajstić information content (AvgIpc) is 2.30. The van der Waals surface area contributed by atoms with Crippen LogP contribution in [0.5, 0.6) is 0 Å². The zero-order valence-electron chi connectivity index (χ0n) is 7.83. The van der Waals surface area contributed by atoms with Crippen molar-refractivity contribution in [2.24, 2.45) is 0 Å². The van der Waals surface area contributed by atoms with E-state index in [2.05, 4.69) is 0 Å². The number of thiophene rings is 1. The molecule has 0 aliphatic heterocycles. The number of nitrogens with zero attached hydrogens (tertiary/aromatic N) is 1. The molecule has 0 fully saturated rings. The molecule has 0 bridgehead atoms. The van der Waals surface area contributed by atoms with Gasteiger partial charge in [0.15, 0.2) is 0 Å². The molecule has 0 aliphatic rings. The van der Waals surface area contributed by atoms with Gasteiger partial charge in [0, 0.05) is 22.8 Å². The molecule has 70 valence electrons. The molecule has 1 rings (SSSR count). The maximum absolute atomic E-state index is 10.4. The maximum atomic E-state index is 10.4. The molecule has 0 aromatic carbocycles. The van der Waals surface area contributed by atoms with Crippen LogP contribution in [0.2, 0.25) is 0 Å². The predicted molar refractivity (Wildman–Crippen MR) is 54.4 cm³/mol. The summed E-state index contributed by atoms with van der Waals surface area (Å²) in [6, 6.07) is 1.97. The summed E-state index contributed by atoms with van der Waals surface area (Å²) < 4.78 is 0. The van der Waals surface area contributed by atoms with Gasteiger partial charge in [0.1, 0.15) is 0 Å². The Morgan fingerprint density at radius 2 is 2.23 bits per heavy atom. The fraction of sp³-hybridized carbons (Fsp3) is 0.333. The summed E-state index contributed by atoms with van der Waals surface area (Å²) in [6.45, 7) is 5.47. The number of aryl methyl sites for hydroxylation is 2. The fourth-order valence-electron chi connectivity index (χ4n) is 1.07. The molecule has 1 aromatic heterocycles. The van der Waals surface area contributed by atoms with Crippen LogP contribution < -0.4 is 0 Å². The van der Waals surface area contributed by atoms with Crippen molar-refractivity contribution < 1.29 is 4.92 Å². The molecular formula is C9H11NO2S. The third-order valence-corrected chi connectivity index (χ3v) is 2.71. The lowest BCUT2D eigenvalue weighted by atomic mass is 10.2. The Hall–Kier alpha value is -1.16. The van der Waals surface area contributed by atoms with Gasteiger partial charge in [-0.2, -0.15) is 0 Å². The largest absolute Gasteiger partial charge is 0.259 e. The van der Waals surface area contributed by atoms with Crippen LogP contribution in [-0.2, 0) is 0 Å². The highest BCUT2D eigenvalue weighted by molar-refractivity contribution is 7.12. The van der Waals surface area contributed by atoms with Gasteiger partial charge < -0.3 is 0 Å². The molecule has 0 saturated heterocycles. The predicted octanol–water partition coefficient (Wildman–Crippen LogP) is 3.00. The van der Waals surface area contributed by atoms with E-state index in [9.17, 15) is 10.1 Å². The van der Waals surface area contributed by atoms with Crippen LogP contribution in [0.3, 0.4) is 0 Å². The highest BCUT2D eigenvalue weighted by Crippen LogP contribution is 2.22. The van der Waals surface area contributed by atoms with Gasteiger partial charge >= 0.3 is 0 Å². The molecule has 0 aliphatic carbocycles. The van der Waals surface area contributed by atoms with E-state index in [1.807, 2.05) is 19.9 Å². The lowest BCUT2D eigenvalue weighted by molar-refractivity contribution is -0.422. The van der Waals surface area contributed by atoms with Gasteiger partial charge in [0.05, 0.1) is 4.92 Å². The van der Waals surface area contributed by atoms with Crippen molar-refractivity contribution in [1.82, 2.24) is 0 Å². The van der Waals surface area contributed by atoms with Crippen molar-refractivity contribution in [3.8, 4) is 0 Å². The highest BCUT2D eigenvalue weighted by Gasteiger charge is 2.05. The molecule has 0 spiro atoms. The second-order valence-electron chi connectivity index (χ2n) is 2.91. The van der Waals surface area contributed by atoms with E-state index in [0.29, 0.717) is 0 Å². The van der Waals surface area contributed by atoms with E-state index >= 15 is 0 Å². The molecule has 4 heteroatoms. The lowest BCUT2D eigenvalue weighted by Crippen LogP contribution is -1.92. The quantitative estimate of drug-likeness (QED) is 0.540. The first-order chi connectivity index (χ1) is 6.00. The number of hydrogen-bond donors (Lipinski definition) is 0. The first-order valence-electron chi connectivity index (χ1n) is 3.90. The molecule has 13 heavy (non-hydrogen) atoms. The molecule has 0 unspecified atom stereocenters. The lowest BCUT2D eigenvalue weighted by Gasteiger charge is -1.90. The topological polar surface area (TPSA) is 43.1 Å². The second-order valence-corrected chi connectivity index (χ2v) is 4.37. The molecule has 1 aromatic rings. The van der Waals surface area contributed by atoms with Gasteiger partial charge in [0.25, 0.3) is 0 Å². The normalized spacial score (nSPS) is 11.8. The van der Waals surface area contributed by atoms with E-state index < -0.39 is 0 Å². The number of nitro groups is 1. The van der Waals surface area contributed by atoms with Crippen LogP contribution in [0, 0.1) is 24.0 Å². The summed E-state index contributed by atoms with van der Waals surface area (Å²) in [7, 11) is 0. The second kappa shape index (κ2) is 3.70. The van der Waals surface area contributed by atoms with Crippen LogP contribution in [-0.4, -0.2) is 4.92 Å². The summed E-state index contributed by atoms with van der Waals surface area (Å²) in [4.78, 5) is 12.3. The van der Waals surface area contributed by atoms with E-state index in [1.165, 1.54) is 11.8 Å². The van der Waals surface area contributed by atoms with Gasteiger partial charge in [-0.3, -0.25) is 10.1 Å². The summed E-state index contributed by atoms with van der Waals surface area (Å²) in [5.74, 6) is 0. The van der Waals surface area contributed by atoms with Crippen molar-refractivity contribution >= 4 is 17.4 Å². The summed E-state index contributed by atoms with van der Waals surface area (Å²) in [6.07, 6.45) is 1.61. The highest BCUT2D eigenvalue weighted by atomic mass is 32.1. The Labute approximate surface area is 80.9 Å². The number of allylic oxidation sites excluding steroid dienone is 1. The van der Waals surface area contributed by atoms with Crippen LogP contribution in [0.1, 0.15) is 22.2 Å². The van der Waals surface area contributed by atoms with Crippen molar-refractivity contribution in [2.45, 2.75) is 20.8 Å². The summed E-state index contributed by atoms with van der Waals surface area (Å²) in [5, 5.41) is 10.4. The Morgan fingerprint density at radius 1 is 1.62 bits per heavy atom.